The van der Waals surface area contributed by atoms with Crippen LogP contribution in [0.1, 0.15) is 19.1 Å². The van der Waals surface area contributed by atoms with Crippen molar-refractivity contribution in [1.29, 1.82) is 0 Å². The van der Waals surface area contributed by atoms with Gasteiger partial charge in [0.15, 0.2) is 0 Å². The first-order chi connectivity index (χ1) is 10.2. The van der Waals surface area contributed by atoms with Crippen molar-refractivity contribution in [1.82, 2.24) is 4.98 Å². The molecule has 21 heavy (non-hydrogen) atoms. The van der Waals surface area contributed by atoms with Crippen LogP contribution in [0.5, 0.6) is 0 Å². The summed E-state index contributed by atoms with van der Waals surface area (Å²) in [6.07, 6.45) is 5.43. The molecule has 108 valence electrons. The van der Waals surface area contributed by atoms with Gasteiger partial charge in [0, 0.05) is 29.7 Å². The monoisotopic (exact) mass is 281 g/mol. The van der Waals surface area contributed by atoms with E-state index in [1.54, 1.807) is 12.5 Å². The van der Waals surface area contributed by atoms with Crippen molar-refractivity contribution in [2.45, 2.75) is 25.8 Å². The zero-order valence-corrected chi connectivity index (χ0v) is 12.0. The number of rotatable bonds is 5. The number of para-hydroxylation sites is 1. The average Bonchev–Trinajstić information content (AvgIpc) is 3.00. The fraction of sp³-hybridized carbons (Fsp3) is 0.235. The summed E-state index contributed by atoms with van der Waals surface area (Å²) in [7, 11) is 0. The largest absolute Gasteiger partial charge is 0.469 e. The summed E-state index contributed by atoms with van der Waals surface area (Å²) < 4.78 is 5.37. The number of nitrogens with one attached hydrogen (secondary N) is 1. The molecule has 0 aliphatic carbocycles. The van der Waals surface area contributed by atoms with E-state index in [9.17, 15) is 0 Å². The number of nitrogen functional groups attached to an aromatic ring is 1. The van der Waals surface area contributed by atoms with Gasteiger partial charge in [-0.2, -0.15) is 0 Å². The number of furan rings is 1. The molecule has 3 N–H and O–H groups in total. The van der Waals surface area contributed by atoms with Gasteiger partial charge < -0.3 is 15.5 Å². The number of aryl methyl sites for hydroxylation is 1. The minimum Gasteiger partial charge on any atom is -0.469 e. The molecule has 1 aromatic carbocycles. The number of nitrogens with zero attached hydrogens (tertiary/aromatic N) is 1. The van der Waals surface area contributed by atoms with Crippen molar-refractivity contribution < 1.29 is 4.42 Å². The Bertz CT molecular complexity index is 722. The van der Waals surface area contributed by atoms with Crippen molar-refractivity contribution in [3.05, 3.63) is 54.6 Å². The van der Waals surface area contributed by atoms with Gasteiger partial charge in [-0.15, -0.1) is 0 Å². The van der Waals surface area contributed by atoms with Gasteiger partial charge in [-0.05, 0) is 37.6 Å². The van der Waals surface area contributed by atoms with E-state index in [-0.39, 0.29) is 0 Å². The predicted octanol–water partition coefficient (Wildman–Crippen LogP) is 3.84. The summed E-state index contributed by atoms with van der Waals surface area (Å²) >= 11 is 0. The molecular formula is C17H19N3O. The molecule has 0 aliphatic rings. The molecule has 0 fully saturated rings. The zero-order valence-electron chi connectivity index (χ0n) is 12.0. The van der Waals surface area contributed by atoms with E-state index in [0.29, 0.717) is 11.7 Å². The van der Waals surface area contributed by atoms with Gasteiger partial charge in [-0.25, -0.2) is 0 Å². The fourth-order valence-electron chi connectivity index (χ4n) is 2.48. The smallest absolute Gasteiger partial charge is 0.103 e. The van der Waals surface area contributed by atoms with Gasteiger partial charge in [0.2, 0.25) is 0 Å². The van der Waals surface area contributed by atoms with Crippen LogP contribution in [0.15, 0.2) is 53.3 Å². The summed E-state index contributed by atoms with van der Waals surface area (Å²) in [5, 5.41) is 4.60. The molecule has 3 aromatic rings. The third-order valence-electron chi connectivity index (χ3n) is 3.61. The average molecular weight is 281 g/mol. The van der Waals surface area contributed by atoms with Gasteiger partial charge in [0.05, 0.1) is 17.5 Å². The van der Waals surface area contributed by atoms with Crippen molar-refractivity contribution in [3.8, 4) is 0 Å². The molecule has 2 aromatic heterocycles. The highest BCUT2D eigenvalue weighted by molar-refractivity contribution is 5.97. The Kier molecular flexibility index (Phi) is 3.77. The van der Waals surface area contributed by atoms with Gasteiger partial charge in [0.25, 0.3) is 0 Å². The first kappa shape index (κ1) is 13.5. The lowest BCUT2D eigenvalue weighted by Gasteiger charge is -2.16. The van der Waals surface area contributed by atoms with Gasteiger partial charge in [-0.1, -0.05) is 12.1 Å². The molecule has 3 rings (SSSR count). The topological polar surface area (TPSA) is 64.1 Å². The summed E-state index contributed by atoms with van der Waals surface area (Å²) in [6, 6.07) is 12.1. The second-order valence-corrected chi connectivity index (χ2v) is 5.27. The first-order valence-corrected chi connectivity index (χ1v) is 7.16. The maximum absolute atomic E-state index is 5.98. The highest BCUT2D eigenvalue weighted by Gasteiger charge is 2.08. The molecule has 0 spiro atoms. The van der Waals surface area contributed by atoms with Crippen LogP contribution >= 0.6 is 0 Å². The Labute approximate surface area is 124 Å². The van der Waals surface area contributed by atoms with Crippen molar-refractivity contribution in [2.24, 2.45) is 0 Å². The molecule has 4 heteroatoms. The molecule has 1 unspecified atom stereocenters. The van der Waals surface area contributed by atoms with Crippen LogP contribution in [-0.4, -0.2) is 11.0 Å². The number of aromatic nitrogens is 1. The Morgan fingerprint density at radius 1 is 1.24 bits per heavy atom. The van der Waals surface area contributed by atoms with Gasteiger partial charge in [0.1, 0.15) is 5.76 Å². The Morgan fingerprint density at radius 3 is 2.95 bits per heavy atom. The van der Waals surface area contributed by atoms with Gasteiger partial charge >= 0.3 is 0 Å². The van der Waals surface area contributed by atoms with Crippen LogP contribution in [0.3, 0.4) is 0 Å². The van der Waals surface area contributed by atoms with Crippen molar-refractivity contribution >= 4 is 22.3 Å². The highest BCUT2D eigenvalue weighted by atomic mass is 16.3. The van der Waals surface area contributed by atoms with Crippen LogP contribution in [0.2, 0.25) is 0 Å². The SMILES string of the molecule is CC(CCc1ccco1)Nc1ccnc2c(N)cccc12. The summed E-state index contributed by atoms with van der Waals surface area (Å²) in [5.74, 6) is 1.02. The number of pyridine rings is 1. The number of benzene rings is 1. The quantitative estimate of drug-likeness (QED) is 0.697. The molecule has 0 aliphatic heterocycles. The van der Waals surface area contributed by atoms with E-state index < -0.39 is 0 Å². The van der Waals surface area contributed by atoms with Crippen LogP contribution < -0.4 is 11.1 Å². The molecule has 0 saturated carbocycles. The number of hydrogen-bond donors (Lipinski definition) is 2. The Balaban J connectivity index is 1.74. The molecule has 0 saturated heterocycles. The first-order valence-electron chi connectivity index (χ1n) is 7.16. The molecule has 2 heterocycles. The summed E-state index contributed by atoms with van der Waals surface area (Å²) in [4.78, 5) is 4.36. The molecular weight excluding hydrogens is 262 g/mol. The van der Waals surface area contributed by atoms with Gasteiger partial charge in [-0.3, -0.25) is 4.98 Å². The molecule has 0 bridgehead atoms. The van der Waals surface area contributed by atoms with Crippen molar-refractivity contribution in [3.63, 3.8) is 0 Å². The van der Waals surface area contributed by atoms with Crippen LogP contribution in [-0.2, 0) is 6.42 Å². The summed E-state index contributed by atoms with van der Waals surface area (Å²) in [6.45, 7) is 2.17. The summed E-state index contributed by atoms with van der Waals surface area (Å²) in [5.41, 5.74) is 8.60. The third kappa shape index (κ3) is 2.99. The highest BCUT2D eigenvalue weighted by Crippen LogP contribution is 2.26. The zero-order chi connectivity index (χ0) is 14.7. The fourth-order valence-corrected chi connectivity index (χ4v) is 2.48. The van der Waals surface area contributed by atoms with Crippen LogP contribution in [0, 0.1) is 0 Å². The molecule has 0 amide bonds. The van der Waals surface area contributed by atoms with Crippen LogP contribution in [0.4, 0.5) is 11.4 Å². The Morgan fingerprint density at radius 2 is 2.14 bits per heavy atom. The molecule has 1 atom stereocenters. The normalized spacial score (nSPS) is 12.4. The lowest BCUT2D eigenvalue weighted by Crippen LogP contribution is -2.16. The van der Waals surface area contributed by atoms with E-state index in [1.807, 2.05) is 36.4 Å². The number of hydrogen-bond acceptors (Lipinski definition) is 4. The predicted molar refractivity (Wildman–Crippen MR) is 86.3 cm³/mol. The van der Waals surface area contributed by atoms with E-state index in [2.05, 4.69) is 17.2 Å². The Hall–Kier alpha value is -2.49. The third-order valence-corrected chi connectivity index (χ3v) is 3.61. The minimum absolute atomic E-state index is 0.335. The minimum atomic E-state index is 0.335. The van der Waals surface area contributed by atoms with E-state index in [0.717, 1.165) is 35.2 Å². The lowest BCUT2D eigenvalue weighted by molar-refractivity contribution is 0.495. The van der Waals surface area contributed by atoms with E-state index in [1.165, 1.54) is 0 Å². The van der Waals surface area contributed by atoms with E-state index >= 15 is 0 Å². The standard InChI is InChI=1S/C17H19N3O/c1-12(7-8-13-4-3-11-21-13)20-16-9-10-19-17-14(16)5-2-6-15(17)18/h2-6,9-12H,7-8,18H2,1H3,(H,19,20). The number of nitrogens with two attached hydrogens (primary N) is 1. The second-order valence-electron chi connectivity index (χ2n) is 5.27. The second kappa shape index (κ2) is 5.87. The van der Waals surface area contributed by atoms with Crippen LogP contribution in [0.25, 0.3) is 10.9 Å². The maximum atomic E-state index is 5.98. The van der Waals surface area contributed by atoms with Crippen molar-refractivity contribution in [2.75, 3.05) is 11.1 Å². The lowest BCUT2D eigenvalue weighted by atomic mass is 10.1. The molecule has 0 radical (unpaired) electrons. The molecule has 4 nitrogen and oxygen atoms in total. The number of fused-ring (bicyclic) bond motifs is 1. The maximum Gasteiger partial charge on any atom is 0.103 e. The van der Waals surface area contributed by atoms with E-state index in [4.69, 9.17) is 10.2 Å². The number of anilines is 2.